The van der Waals surface area contributed by atoms with Gasteiger partial charge in [-0.1, -0.05) is 0 Å². The molecule has 4 rings (SSSR count). The van der Waals surface area contributed by atoms with Crippen molar-refractivity contribution in [2.24, 2.45) is 0 Å². The van der Waals surface area contributed by atoms with E-state index in [4.69, 9.17) is 21.4 Å². The summed E-state index contributed by atoms with van der Waals surface area (Å²) in [4.78, 5) is 20.4. The molecule has 1 atom stereocenters. The van der Waals surface area contributed by atoms with E-state index in [0.29, 0.717) is 41.3 Å². The van der Waals surface area contributed by atoms with Gasteiger partial charge >= 0.3 is 0 Å². The Labute approximate surface area is 147 Å². The minimum Gasteiger partial charge on any atom is -0.464 e. The fraction of sp³-hybridized carbons (Fsp3) is 0.294. The number of ether oxygens (including phenoxy) is 1. The van der Waals surface area contributed by atoms with Crippen LogP contribution in [0.1, 0.15) is 28.0 Å². The van der Waals surface area contributed by atoms with Crippen LogP contribution in [0.25, 0.3) is 11.0 Å². The molecule has 25 heavy (non-hydrogen) atoms. The molecule has 0 spiro atoms. The minimum absolute atomic E-state index is 0.249. The van der Waals surface area contributed by atoms with E-state index in [1.807, 2.05) is 19.1 Å². The molecule has 6 nitrogen and oxygen atoms in total. The lowest BCUT2D eigenvalue weighted by atomic mass is 10.1. The van der Waals surface area contributed by atoms with Gasteiger partial charge in [0.25, 0.3) is 5.91 Å². The van der Waals surface area contributed by atoms with Crippen LogP contribution in [0.4, 0.5) is 4.39 Å². The molecule has 0 radical (unpaired) electrons. The van der Waals surface area contributed by atoms with Crippen LogP contribution in [0, 0.1) is 17.5 Å². The van der Waals surface area contributed by atoms with Crippen LogP contribution >= 0.6 is 12.2 Å². The number of H-pyrrole nitrogens is 2. The molecule has 1 aromatic carbocycles. The van der Waals surface area contributed by atoms with Crippen molar-refractivity contribution >= 4 is 29.2 Å². The molecule has 2 N–H and O–H groups in total. The summed E-state index contributed by atoms with van der Waals surface area (Å²) in [6.45, 7) is 3.01. The molecule has 1 aliphatic rings. The molecule has 0 unspecified atom stereocenters. The van der Waals surface area contributed by atoms with Crippen LogP contribution in [-0.4, -0.2) is 40.5 Å². The Morgan fingerprint density at radius 3 is 2.96 bits per heavy atom. The van der Waals surface area contributed by atoms with E-state index in [9.17, 15) is 9.18 Å². The number of fused-ring (bicyclic) bond motifs is 1. The van der Waals surface area contributed by atoms with Crippen LogP contribution < -0.4 is 0 Å². The number of nitrogens with one attached hydrogen (secondary N) is 2. The summed E-state index contributed by atoms with van der Waals surface area (Å²) in [6.07, 6.45) is -0.333. The van der Waals surface area contributed by atoms with E-state index in [-0.39, 0.29) is 17.6 Å². The van der Waals surface area contributed by atoms with Gasteiger partial charge in [0.15, 0.2) is 4.77 Å². The molecule has 8 heteroatoms. The first-order valence-electron chi connectivity index (χ1n) is 7.90. The lowest BCUT2D eigenvalue weighted by molar-refractivity contribution is -0.0323. The maximum absolute atomic E-state index is 13.9. The van der Waals surface area contributed by atoms with Crippen molar-refractivity contribution < 1.29 is 18.3 Å². The van der Waals surface area contributed by atoms with Crippen LogP contribution in [0.15, 0.2) is 28.7 Å². The quantitative estimate of drug-likeness (QED) is 0.686. The SMILES string of the molecule is Cc1ccc([C@@H]2CN(C(=O)c3cc(F)cc4[nH]c(=S)[nH]c34)CCO2)o1. The molecule has 0 bridgehead atoms. The van der Waals surface area contributed by atoms with Crippen LogP contribution in [0.2, 0.25) is 0 Å². The molecule has 1 aliphatic heterocycles. The lowest BCUT2D eigenvalue weighted by Crippen LogP contribution is -2.42. The summed E-state index contributed by atoms with van der Waals surface area (Å²) in [6, 6.07) is 6.24. The zero-order chi connectivity index (χ0) is 17.6. The van der Waals surface area contributed by atoms with E-state index >= 15 is 0 Å². The molecule has 0 saturated carbocycles. The average molecular weight is 361 g/mol. The van der Waals surface area contributed by atoms with Crippen molar-refractivity contribution in [3.8, 4) is 0 Å². The van der Waals surface area contributed by atoms with Crippen LogP contribution in [0.5, 0.6) is 0 Å². The number of benzene rings is 1. The Kier molecular flexibility index (Phi) is 3.93. The predicted molar refractivity (Wildman–Crippen MR) is 91.5 cm³/mol. The number of imidazole rings is 1. The Morgan fingerprint density at radius 1 is 1.36 bits per heavy atom. The van der Waals surface area contributed by atoms with Crippen molar-refractivity contribution in [2.45, 2.75) is 13.0 Å². The summed E-state index contributed by atoms with van der Waals surface area (Å²) < 4.78 is 25.6. The number of aryl methyl sites for hydroxylation is 1. The number of hydrogen-bond acceptors (Lipinski definition) is 4. The number of carbonyl (C=O) groups is 1. The summed E-state index contributed by atoms with van der Waals surface area (Å²) in [5.41, 5.74) is 1.23. The Morgan fingerprint density at radius 2 is 2.20 bits per heavy atom. The topological polar surface area (TPSA) is 74.3 Å². The highest BCUT2D eigenvalue weighted by Crippen LogP contribution is 2.26. The molecule has 1 saturated heterocycles. The average Bonchev–Trinajstić information content (AvgIpc) is 3.18. The number of furan rings is 1. The van der Waals surface area contributed by atoms with Gasteiger partial charge < -0.3 is 24.0 Å². The number of rotatable bonds is 2. The van der Waals surface area contributed by atoms with Crippen molar-refractivity contribution in [3.63, 3.8) is 0 Å². The minimum atomic E-state index is -0.493. The molecule has 130 valence electrons. The van der Waals surface area contributed by atoms with E-state index in [1.165, 1.54) is 12.1 Å². The summed E-state index contributed by atoms with van der Waals surface area (Å²) >= 11 is 5.05. The third kappa shape index (κ3) is 2.98. The first-order chi connectivity index (χ1) is 12.0. The molecular formula is C17H16FN3O3S. The summed E-state index contributed by atoms with van der Waals surface area (Å²) in [5.74, 6) is 0.702. The zero-order valence-corrected chi connectivity index (χ0v) is 14.3. The maximum atomic E-state index is 13.9. The van der Waals surface area contributed by atoms with Gasteiger partial charge in [0, 0.05) is 6.54 Å². The third-order valence-electron chi connectivity index (χ3n) is 4.25. The Bertz CT molecular complexity index is 1010. The fourth-order valence-corrected chi connectivity index (χ4v) is 3.29. The molecular weight excluding hydrogens is 345 g/mol. The summed E-state index contributed by atoms with van der Waals surface area (Å²) in [7, 11) is 0. The number of halogens is 1. The van der Waals surface area contributed by atoms with E-state index in [1.54, 1.807) is 4.90 Å². The lowest BCUT2D eigenvalue weighted by Gasteiger charge is -2.32. The number of morpholine rings is 1. The third-order valence-corrected chi connectivity index (χ3v) is 4.46. The van der Waals surface area contributed by atoms with Gasteiger partial charge in [-0.25, -0.2) is 4.39 Å². The Hall–Kier alpha value is -2.45. The van der Waals surface area contributed by atoms with Gasteiger partial charge in [-0.15, -0.1) is 0 Å². The molecule has 1 fully saturated rings. The predicted octanol–water partition coefficient (Wildman–Crippen LogP) is 3.48. The fourth-order valence-electron chi connectivity index (χ4n) is 3.08. The van der Waals surface area contributed by atoms with E-state index in [2.05, 4.69) is 9.97 Å². The second-order valence-corrected chi connectivity index (χ2v) is 6.42. The van der Waals surface area contributed by atoms with Crippen LogP contribution in [-0.2, 0) is 4.74 Å². The van der Waals surface area contributed by atoms with Crippen molar-refractivity contribution in [1.29, 1.82) is 0 Å². The standard InChI is InChI=1S/C17H16FN3O3S/c1-9-2-3-13(24-9)14-8-21(4-5-23-14)16(22)11-6-10(18)7-12-15(11)20-17(25)19-12/h2-3,6-7,14H,4-5,8H2,1H3,(H2,19,20,25)/t14-/m0/s1. The van der Waals surface area contributed by atoms with Gasteiger partial charge in [0.2, 0.25) is 0 Å². The smallest absolute Gasteiger partial charge is 0.256 e. The molecule has 2 aromatic heterocycles. The molecule has 3 aromatic rings. The molecule has 3 heterocycles. The number of nitrogens with zero attached hydrogens (tertiary/aromatic N) is 1. The highest BCUT2D eigenvalue weighted by Gasteiger charge is 2.29. The normalized spacial score (nSPS) is 18.0. The number of aromatic nitrogens is 2. The van der Waals surface area contributed by atoms with Crippen molar-refractivity contribution in [1.82, 2.24) is 14.9 Å². The highest BCUT2D eigenvalue weighted by atomic mass is 32.1. The summed E-state index contributed by atoms with van der Waals surface area (Å²) in [5, 5.41) is 0. The second-order valence-electron chi connectivity index (χ2n) is 6.01. The molecule has 0 aliphatic carbocycles. The number of amides is 1. The first kappa shape index (κ1) is 16.0. The molecule has 1 amide bonds. The van der Waals surface area contributed by atoms with Gasteiger partial charge in [-0.2, -0.15) is 0 Å². The van der Waals surface area contributed by atoms with Crippen molar-refractivity contribution in [2.75, 3.05) is 19.7 Å². The first-order valence-corrected chi connectivity index (χ1v) is 8.31. The van der Waals surface area contributed by atoms with Gasteiger partial charge in [-0.05, 0) is 43.4 Å². The van der Waals surface area contributed by atoms with Gasteiger partial charge in [0.1, 0.15) is 23.4 Å². The van der Waals surface area contributed by atoms with E-state index < -0.39 is 5.82 Å². The van der Waals surface area contributed by atoms with Crippen molar-refractivity contribution in [3.05, 3.63) is 51.9 Å². The monoisotopic (exact) mass is 361 g/mol. The maximum Gasteiger partial charge on any atom is 0.256 e. The number of carbonyl (C=O) groups excluding carboxylic acids is 1. The number of hydrogen-bond donors (Lipinski definition) is 2. The highest BCUT2D eigenvalue weighted by molar-refractivity contribution is 7.71. The van der Waals surface area contributed by atoms with Gasteiger partial charge in [0.05, 0.1) is 29.7 Å². The van der Waals surface area contributed by atoms with Gasteiger partial charge in [-0.3, -0.25) is 4.79 Å². The zero-order valence-electron chi connectivity index (χ0n) is 13.5. The van der Waals surface area contributed by atoms with Crippen LogP contribution in [0.3, 0.4) is 0 Å². The Balaban J connectivity index is 1.65. The number of aromatic amines is 2. The largest absolute Gasteiger partial charge is 0.464 e. The van der Waals surface area contributed by atoms with E-state index in [0.717, 1.165) is 5.76 Å². The second kappa shape index (κ2) is 6.12.